The van der Waals surface area contributed by atoms with Crippen molar-refractivity contribution in [3.63, 3.8) is 0 Å². The number of piperazine rings is 1. The molecule has 1 amide bonds. The Bertz CT molecular complexity index is 875. The summed E-state index contributed by atoms with van der Waals surface area (Å²) in [5, 5.41) is 0. The Kier molecular flexibility index (Phi) is 5.69. The monoisotopic (exact) mass is 393 g/mol. The van der Waals surface area contributed by atoms with Crippen LogP contribution in [0.1, 0.15) is 41.5 Å². The molecule has 0 spiro atoms. The number of carbonyl (C=O) groups excluding carboxylic acids is 1. The van der Waals surface area contributed by atoms with Gasteiger partial charge in [-0.25, -0.2) is 9.97 Å². The van der Waals surface area contributed by atoms with Crippen molar-refractivity contribution in [2.75, 3.05) is 49.1 Å². The summed E-state index contributed by atoms with van der Waals surface area (Å²) in [6, 6.07) is 10.5. The van der Waals surface area contributed by atoms with E-state index >= 15 is 0 Å². The maximum absolute atomic E-state index is 13.0. The second kappa shape index (κ2) is 8.39. The third-order valence-electron chi connectivity index (χ3n) is 5.94. The summed E-state index contributed by atoms with van der Waals surface area (Å²) in [7, 11) is 0. The van der Waals surface area contributed by atoms with E-state index in [1.165, 1.54) is 17.7 Å². The van der Waals surface area contributed by atoms with Crippen molar-refractivity contribution < 1.29 is 4.79 Å². The number of anilines is 2. The minimum absolute atomic E-state index is 0.0432. The lowest BCUT2D eigenvalue weighted by atomic mass is 10.00. The molecule has 2 aliphatic rings. The highest BCUT2D eigenvalue weighted by atomic mass is 16.2. The Balaban J connectivity index is 1.46. The molecular weight excluding hydrogens is 362 g/mol. The molecule has 29 heavy (non-hydrogen) atoms. The smallest absolute Gasteiger partial charge is 0.272 e. The summed E-state index contributed by atoms with van der Waals surface area (Å²) < 4.78 is 0. The summed E-state index contributed by atoms with van der Waals surface area (Å²) in [4.78, 5) is 28.9. The average Bonchev–Trinajstić information content (AvgIpc) is 2.73. The van der Waals surface area contributed by atoms with Gasteiger partial charge in [0.1, 0.15) is 5.69 Å². The summed E-state index contributed by atoms with van der Waals surface area (Å²) in [5.41, 5.74) is 3.93. The van der Waals surface area contributed by atoms with Crippen molar-refractivity contribution in [1.29, 1.82) is 0 Å². The molecule has 1 unspecified atom stereocenters. The number of aromatic nitrogens is 2. The molecule has 154 valence electrons. The number of hydrogen-bond donors (Lipinski definition) is 0. The number of hydrogen-bond acceptors (Lipinski definition) is 5. The Morgan fingerprint density at radius 3 is 2.48 bits per heavy atom. The molecule has 2 saturated heterocycles. The molecule has 1 aromatic heterocycles. The lowest BCUT2D eigenvalue weighted by Crippen LogP contribution is -2.47. The zero-order valence-corrected chi connectivity index (χ0v) is 17.8. The lowest BCUT2D eigenvalue weighted by molar-refractivity contribution is 0.0677. The molecule has 0 saturated carbocycles. The normalized spacial score (nSPS) is 20.1. The van der Waals surface area contributed by atoms with Crippen molar-refractivity contribution in [2.24, 2.45) is 5.92 Å². The van der Waals surface area contributed by atoms with Gasteiger partial charge in [0, 0.05) is 50.6 Å². The highest BCUT2D eigenvalue weighted by Crippen LogP contribution is 2.21. The van der Waals surface area contributed by atoms with Crippen LogP contribution in [0.15, 0.2) is 30.3 Å². The number of amides is 1. The molecule has 4 rings (SSSR count). The molecule has 1 atom stereocenters. The van der Waals surface area contributed by atoms with Gasteiger partial charge in [0.15, 0.2) is 0 Å². The molecule has 0 aliphatic carbocycles. The van der Waals surface area contributed by atoms with Crippen LogP contribution < -0.4 is 9.80 Å². The topological polar surface area (TPSA) is 52.6 Å². The first-order valence-corrected chi connectivity index (χ1v) is 10.7. The molecule has 2 fully saturated rings. The molecule has 6 heteroatoms. The van der Waals surface area contributed by atoms with Gasteiger partial charge in [-0.05, 0) is 56.4 Å². The SMILES string of the molecule is Cc1cccc(N2CCN(c3nc(C)cc(C(=O)N4CCCC(C)C4)n3)CC2)c1. The van der Waals surface area contributed by atoms with E-state index in [4.69, 9.17) is 0 Å². The van der Waals surface area contributed by atoms with Crippen molar-refractivity contribution >= 4 is 17.5 Å². The third-order valence-corrected chi connectivity index (χ3v) is 5.94. The molecule has 2 aliphatic heterocycles. The zero-order valence-electron chi connectivity index (χ0n) is 17.8. The summed E-state index contributed by atoms with van der Waals surface area (Å²) in [5.74, 6) is 1.29. The number of piperidine rings is 1. The fourth-order valence-corrected chi connectivity index (χ4v) is 4.33. The third kappa shape index (κ3) is 4.52. The molecule has 0 radical (unpaired) electrons. The van der Waals surface area contributed by atoms with Crippen LogP contribution in [0.4, 0.5) is 11.6 Å². The van der Waals surface area contributed by atoms with Crippen molar-refractivity contribution in [2.45, 2.75) is 33.6 Å². The number of nitrogens with zero attached hydrogens (tertiary/aromatic N) is 5. The predicted octanol–water partition coefficient (Wildman–Crippen LogP) is 3.29. The van der Waals surface area contributed by atoms with Crippen molar-refractivity contribution in [1.82, 2.24) is 14.9 Å². The number of likely N-dealkylation sites (tertiary alicyclic amines) is 1. The van der Waals surface area contributed by atoms with E-state index in [1.807, 2.05) is 17.9 Å². The molecule has 6 nitrogen and oxygen atoms in total. The van der Waals surface area contributed by atoms with E-state index in [1.54, 1.807) is 0 Å². The van der Waals surface area contributed by atoms with Crippen LogP contribution in [0.2, 0.25) is 0 Å². The second-order valence-corrected chi connectivity index (χ2v) is 8.51. The van der Waals surface area contributed by atoms with Crippen LogP contribution in [0, 0.1) is 19.8 Å². The first-order chi connectivity index (χ1) is 14.0. The van der Waals surface area contributed by atoms with Crippen LogP contribution in [0.5, 0.6) is 0 Å². The van der Waals surface area contributed by atoms with Crippen molar-refractivity contribution in [3.05, 3.63) is 47.3 Å². The lowest BCUT2D eigenvalue weighted by Gasteiger charge is -2.36. The minimum atomic E-state index is 0.0432. The van der Waals surface area contributed by atoms with Gasteiger partial charge in [-0.2, -0.15) is 0 Å². The van der Waals surface area contributed by atoms with Gasteiger partial charge >= 0.3 is 0 Å². The van der Waals surface area contributed by atoms with Crippen LogP contribution >= 0.6 is 0 Å². The molecule has 3 heterocycles. The van der Waals surface area contributed by atoms with Crippen LogP contribution in [0.3, 0.4) is 0 Å². The van der Waals surface area contributed by atoms with Gasteiger partial charge < -0.3 is 14.7 Å². The maximum atomic E-state index is 13.0. The van der Waals surface area contributed by atoms with E-state index < -0.39 is 0 Å². The van der Waals surface area contributed by atoms with Gasteiger partial charge in [-0.1, -0.05) is 19.1 Å². The molecule has 2 aromatic rings. The Morgan fingerprint density at radius 2 is 1.76 bits per heavy atom. The Morgan fingerprint density at radius 1 is 1.00 bits per heavy atom. The molecule has 1 aromatic carbocycles. The van der Waals surface area contributed by atoms with E-state index in [-0.39, 0.29) is 5.91 Å². The summed E-state index contributed by atoms with van der Waals surface area (Å²) >= 11 is 0. The average molecular weight is 394 g/mol. The first kappa shape index (κ1) is 19.7. The highest BCUT2D eigenvalue weighted by Gasteiger charge is 2.25. The van der Waals surface area contributed by atoms with E-state index in [2.05, 4.69) is 57.9 Å². The van der Waals surface area contributed by atoms with Crippen LogP contribution in [-0.4, -0.2) is 60.0 Å². The highest BCUT2D eigenvalue weighted by molar-refractivity contribution is 5.92. The fraction of sp³-hybridized carbons (Fsp3) is 0.522. The number of rotatable bonds is 3. The van der Waals surface area contributed by atoms with Gasteiger partial charge in [0.05, 0.1) is 0 Å². The van der Waals surface area contributed by atoms with E-state index in [0.29, 0.717) is 17.6 Å². The summed E-state index contributed by atoms with van der Waals surface area (Å²) in [6.07, 6.45) is 2.27. The zero-order chi connectivity index (χ0) is 20.4. The largest absolute Gasteiger partial charge is 0.368 e. The van der Waals surface area contributed by atoms with Gasteiger partial charge in [0.2, 0.25) is 5.95 Å². The maximum Gasteiger partial charge on any atom is 0.272 e. The minimum Gasteiger partial charge on any atom is -0.368 e. The van der Waals surface area contributed by atoms with Crippen molar-refractivity contribution in [3.8, 4) is 0 Å². The number of benzene rings is 1. The Labute approximate surface area is 173 Å². The standard InChI is InChI=1S/C23H31N5O/c1-17-6-4-8-20(14-17)26-10-12-27(13-11-26)23-24-19(3)15-21(25-23)22(29)28-9-5-7-18(2)16-28/h4,6,8,14-15,18H,5,7,9-13,16H2,1-3H3. The van der Waals surface area contributed by atoms with Gasteiger partial charge in [-0.3, -0.25) is 4.79 Å². The summed E-state index contributed by atoms with van der Waals surface area (Å²) in [6.45, 7) is 11.5. The first-order valence-electron chi connectivity index (χ1n) is 10.7. The van der Waals surface area contributed by atoms with Crippen LogP contribution in [0.25, 0.3) is 0 Å². The van der Waals surface area contributed by atoms with Crippen LogP contribution in [-0.2, 0) is 0 Å². The van der Waals surface area contributed by atoms with E-state index in [9.17, 15) is 4.79 Å². The van der Waals surface area contributed by atoms with Gasteiger partial charge in [0.25, 0.3) is 5.91 Å². The molecular formula is C23H31N5O. The number of carbonyl (C=O) groups is 1. The fourth-order valence-electron chi connectivity index (χ4n) is 4.33. The van der Waals surface area contributed by atoms with Gasteiger partial charge in [-0.15, -0.1) is 0 Å². The quantitative estimate of drug-likeness (QED) is 0.801. The van der Waals surface area contributed by atoms with E-state index in [0.717, 1.165) is 51.4 Å². The number of aryl methyl sites for hydroxylation is 2. The second-order valence-electron chi connectivity index (χ2n) is 8.51. The Hall–Kier alpha value is -2.63. The predicted molar refractivity (Wildman–Crippen MR) is 117 cm³/mol. The molecule has 0 N–H and O–H groups in total. The molecule has 0 bridgehead atoms.